The van der Waals surface area contributed by atoms with E-state index >= 15 is 0 Å². The SMILES string of the molecule is CN(C(=O)N(C1CCN(c2ccncc2)CC1)C1CCOc2ccc(OC(=O)O)cc21)c1ccccc1Cl. The highest BCUT2D eigenvalue weighted by Crippen LogP contribution is 2.41. The molecule has 1 aromatic heterocycles. The average Bonchev–Trinajstić information content (AvgIpc) is 2.94. The van der Waals surface area contributed by atoms with Gasteiger partial charge in [-0.2, -0.15) is 0 Å². The fourth-order valence-electron chi connectivity index (χ4n) is 5.31. The molecule has 38 heavy (non-hydrogen) atoms. The number of urea groups is 1. The molecule has 2 aliphatic rings. The Morgan fingerprint density at radius 3 is 2.53 bits per heavy atom. The van der Waals surface area contributed by atoms with Gasteiger partial charge in [-0.1, -0.05) is 23.7 Å². The second-order valence-corrected chi connectivity index (χ2v) is 9.75. The number of carbonyl (C=O) groups is 2. The van der Waals surface area contributed by atoms with Crippen LogP contribution in [0.4, 0.5) is 21.0 Å². The number of hydrogen-bond donors (Lipinski definition) is 1. The molecular formula is C28H29ClN4O5. The van der Waals surface area contributed by atoms with E-state index in [0.717, 1.165) is 37.2 Å². The monoisotopic (exact) mass is 536 g/mol. The van der Waals surface area contributed by atoms with Crippen molar-refractivity contribution in [2.45, 2.75) is 31.3 Å². The van der Waals surface area contributed by atoms with Gasteiger partial charge in [-0.15, -0.1) is 0 Å². The Labute approximate surface area is 226 Å². The molecule has 3 heterocycles. The first-order chi connectivity index (χ1) is 18.4. The van der Waals surface area contributed by atoms with Crippen molar-refractivity contribution < 1.29 is 24.2 Å². The van der Waals surface area contributed by atoms with Gasteiger partial charge in [0.25, 0.3) is 0 Å². The number of aromatic nitrogens is 1. The van der Waals surface area contributed by atoms with E-state index in [9.17, 15) is 9.59 Å². The molecule has 1 N–H and O–H groups in total. The van der Waals surface area contributed by atoms with E-state index in [1.165, 1.54) is 0 Å². The summed E-state index contributed by atoms with van der Waals surface area (Å²) in [5.74, 6) is 0.803. The number of anilines is 2. The predicted octanol–water partition coefficient (Wildman–Crippen LogP) is 5.84. The van der Waals surface area contributed by atoms with Crippen LogP contribution >= 0.6 is 11.6 Å². The maximum atomic E-state index is 14.2. The number of benzene rings is 2. The zero-order valence-corrected chi connectivity index (χ0v) is 21.8. The van der Waals surface area contributed by atoms with E-state index in [2.05, 4.69) is 9.88 Å². The Morgan fingerprint density at radius 2 is 1.82 bits per heavy atom. The number of amides is 2. The summed E-state index contributed by atoms with van der Waals surface area (Å²) in [5.41, 5.74) is 2.46. The van der Waals surface area contributed by atoms with E-state index in [4.69, 9.17) is 26.2 Å². The van der Waals surface area contributed by atoms with Crippen LogP contribution in [0.25, 0.3) is 0 Å². The maximum Gasteiger partial charge on any atom is 0.511 e. The number of para-hydroxylation sites is 1. The molecule has 2 aromatic carbocycles. The molecule has 1 unspecified atom stereocenters. The van der Waals surface area contributed by atoms with Crippen LogP contribution in [0.1, 0.15) is 30.9 Å². The van der Waals surface area contributed by atoms with E-state index in [0.29, 0.717) is 29.5 Å². The van der Waals surface area contributed by atoms with Gasteiger partial charge in [0, 0.05) is 56.2 Å². The molecule has 0 spiro atoms. The smallest absolute Gasteiger partial charge is 0.493 e. The van der Waals surface area contributed by atoms with Gasteiger partial charge >= 0.3 is 12.2 Å². The van der Waals surface area contributed by atoms with E-state index < -0.39 is 6.16 Å². The number of halogens is 1. The highest BCUT2D eigenvalue weighted by molar-refractivity contribution is 6.33. The first-order valence-corrected chi connectivity index (χ1v) is 12.9. The normalized spacial score (nSPS) is 17.2. The molecule has 2 aliphatic heterocycles. The third kappa shape index (κ3) is 5.33. The van der Waals surface area contributed by atoms with Crippen LogP contribution in [0.2, 0.25) is 5.02 Å². The molecule has 0 saturated carbocycles. The molecular weight excluding hydrogens is 508 g/mol. The molecule has 0 radical (unpaired) electrons. The van der Waals surface area contributed by atoms with Gasteiger partial charge in [-0.3, -0.25) is 9.88 Å². The van der Waals surface area contributed by atoms with Crippen molar-refractivity contribution in [2.75, 3.05) is 36.5 Å². The number of nitrogens with zero attached hydrogens (tertiary/aromatic N) is 4. The quantitative estimate of drug-likeness (QED) is 0.323. The van der Waals surface area contributed by atoms with Gasteiger partial charge in [-0.05, 0) is 55.3 Å². The highest BCUT2D eigenvalue weighted by atomic mass is 35.5. The minimum absolute atomic E-state index is 0.0504. The Morgan fingerprint density at radius 1 is 1.08 bits per heavy atom. The molecule has 1 atom stereocenters. The van der Waals surface area contributed by atoms with E-state index in [-0.39, 0.29) is 23.9 Å². The summed E-state index contributed by atoms with van der Waals surface area (Å²) in [4.78, 5) is 35.3. The summed E-state index contributed by atoms with van der Waals surface area (Å²) in [5, 5.41) is 9.62. The lowest BCUT2D eigenvalue weighted by molar-refractivity contribution is 0.109. The Bertz CT molecular complexity index is 1300. The van der Waals surface area contributed by atoms with Crippen LogP contribution in [-0.2, 0) is 0 Å². The summed E-state index contributed by atoms with van der Waals surface area (Å²) in [6, 6.07) is 15.6. The lowest BCUT2D eigenvalue weighted by Gasteiger charge is -2.45. The maximum absolute atomic E-state index is 14.2. The van der Waals surface area contributed by atoms with E-state index in [1.54, 1.807) is 48.6 Å². The third-order valence-corrected chi connectivity index (χ3v) is 7.46. The molecule has 5 rings (SSSR count). The Hall–Kier alpha value is -3.98. The fraction of sp³-hybridized carbons (Fsp3) is 0.321. The fourth-order valence-corrected chi connectivity index (χ4v) is 5.57. The van der Waals surface area contributed by atoms with Crippen LogP contribution in [0.5, 0.6) is 11.5 Å². The number of rotatable bonds is 5. The molecule has 1 fully saturated rings. The van der Waals surface area contributed by atoms with Crippen molar-refractivity contribution in [3.63, 3.8) is 0 Å². The van der Waals surface area contributed by atoms with Gasteiger partial charge in [0.1, 0.15) is 11.5 Å². The summed E-state index contributed by atoms with van der Waals surface area (Å²) >= 11 is 6.46. The lowest BCUT2D eigenvalue weighted by atomic mass is 9.94. The highest BCUT2D eigenvalue weighted by Gasteiger charge is 2.39. The van der Waals surface area contributed by atoms with Gasteiger partial charge in [0.2, 0.25) is 0 Å². The minimum Gasteiger partial charge on any atom is -0.493 e. The topological polar surface area (TPSA) is 95.4 Å². The molecule has 3 aromatic rings. The van der Waals surface area contributed by atoms with Crippen molar-refractivity contribution >= 4 is 35.2 Å². The summed E-state index contributed by atoms with van der Waals surface area (Å²) in [6.07, 6.45) is 4.27. The van der Waals surface area contributed by atoms with Crippen LogP contribution in [0, 0.1) is 0 Å². The van der Waals surface area contributed by atoms with Crippen molar-refractivity contribution in [3.05, 3.63) is 77.6 Å². The Balaban J connectivity index is 1.48. The number of carboxylic acid groups (broad SMARTS) is 1. The van der Waals surface area contributed by atoms with Crippen LogP contribution < -0.4 is 19.3 Å². The number of pyridine rings is 1. The van der Waals surface area contributed by atoms with Gasteiger partial charge in [0.05, 0.1) is 23.4 Å². The number of piperidine rings is 1. The standard InChI is InChI=1S/C28H29ClN4O5/c1-31(25-5-3-2-4-23(25)29)27(34)33(20-10-15-32(16-11-20)19-8-13-30-14-9-19)24-12-17-37-26-7-6-21(18-22(24)26)38-28(35)36/h2-9,13-14,18,20,24H,10-12,15-17H2,1H3,(H,35,36). The van der Waals surface area contributed by atoms with Crippen LogP contribution in [0.15, 0.2) is 67.0 Å². The van der Waals surface area contributed by atoms with Crippen LogP contribution in [0.3, 0.4) is 0 Å². The first-order valence-electron chi connectivity index (χ1n) is 12.6. The second kappa shape index (κ2) is 11.2. The van der Waals surface area contributed by atoms with Gasteiger partial charge in [-0.25, -0.2) is 9.59 Å². The molecule has 10 heteroatoms. The molecule has 198 valence electrons. The number of fused-ring (bicyclic) bond motifs is 1. The van der Waals surface area contributed by atoms with Gasteiger partial charge in [0.15, 0.2) is 0 Å². The van der Waals surface area contributed by atoms with E-state index in [1.807, 2.05) is 35.2 Å². The number of hydrogen-bond acceptors (Lipinski definition) is 6. The molecule has 0 aliphatic carbocycles. The van der Waals surface area contributed by atoms with Crippen molar-refractivity contribution in [1.29, 1.82) is 0 Å². The predicted molar refractivity (Wildman–Crippen MR) is 145 cm³/mol. The molecule has 1 saturated heterocycles. The van der Waals surface area contributed by atoms with Crippen molar-refractivity contribution in [1.82, 2.24) is 9.88 Å². The summed E-state index contributed by atoms with van der Waals surface area (Å²) in [6.45, 7) is 2.01. The minimum atomic E-state index is -1.40. The summed E-state index contributed by atoms with van der Waals surface area (Å²) in [7, 11) is 1.73. The van der Waals surface area contributed by atoms with Crippen LogP contribution in [-0.4, -0.2) is 60.0 Å². The second-order valence-electron chi connectivity index (χ2n) is 9.34. The number of ether oxygens (including phenoxy) is 2. The van der Waals surface area contributed by atoms with Crippen molar-refractivity contribution in [3.8, 4) is 11.5 Å². The zero-order valence-electron chi connectivity index (χ0n) is 21.0. The molecule has 9 nitrogen and oxygen atoms in total. The third-order valence-electron chi connectivity index (χ3n) is 7.14. The largest absolute Gasteiger partial charge is 0.511 e. The first kappa shape index (κ1) is 25.7. The zero-order chi connectivity index (χ0) is 26.6. The molecule has 0 bridgehead atoms. The van der Waals surface area contributed by atoms with Gasteiger partial charge < -0.3 is 24.4 Å². The number of carbonyl (C=O) groups excluding carboxylic acids is 1. The lowest BCUT2D eigenvalue weighted by Crippen LogP contribution is -2.53. The van der Waals surface area contributed by atoms with Crippen molar-refractivity contribution in [2.24, 2.45) is 0 Å². The molecule has 2 amide bonds. The summed E-state index contributed by atoms with van der Waals surface area (Å²) < 4.78 is 10.8. The Kier molecular flexibility index (Phi) is 7.55. The average molecular weight is 537 g/mol.